The van der Waals surface area contributed by atoms with Gasteiger partial charge >= 0.3 is 5.69 Å². The third-order valence-electron chi connectivity index (χ3n) is 1.81. The van der Waals surface area contributed by atoms with Gasteiger partial charge in [-0.1, -0.05) is 0 Å². The molecule has 15 heavy (non-hydrogen) atoms. The zero-order chi connectivity index (χ0) is 11.3. The Bertz CT molecular complexity index is 429. The van der Waals surface area contributed by atoms with Crippen molar-refractivity contribution in [2.24, 2.45) is 5.11 Å². The second kappa shape index (κ2) is 4.97. The molecule has 1 heterocycles. The SMILES string of the molecule is CCN(CC)c1nc(N=[N+]=[N-])[nH]c(=O)n1. The van der Waals surface area contributed by atoms with E-state index in [2.05, 4.69) is 25.0 Å². The summed E-state index contributed by atoms with van der Waals surface area (Å²) in [5.41, 5.74) is 7.64. The van der Waals surface area contributed by atoms with Crippen LogP contribution >= 0.6 is 0 Å². The fourth-order valence-corrected chi connectivity index (χ4v) is 1.10. The molecule has 1 rings (SSSR count). The molecule has 8 nitrogen and oxygen atoms in total. The number of nitrogens with one attached hydrogen (secondary N) is 1. The molecular weight excluding hydrogens is 198 g/mol. The van der Waals surface area contributed by atoms with E-state index in [1.54, 1.807) is 4.90 Å². The normalized spacial score (nSPS) is 9.47. The van der Waals surface area contributed by atoms with E-state index in [1.165, 1.54) is 0 Å². The summed E-state index contributed by atoms with van der Waals surface area (Å²) in [6.45, 7) is 5.19. The molecule has 1 aromatic heterocycles. The summed E-state index contributed by atoms with van der Waals surface area (Å²) in [6, 6.07) is 0. The molecule has 0 aromatic carbocycles. The van der Waals surface area contributed by atoms with Crippen LogP contribution in [0.4, 0.5) is 11.9 Å². The van der Waals surface area contributed by atoms with Gasteiger partial charge in [-0.25, -0.2) is 4.79 Å². The molecule has 0 radical (unpaired) electrons. The molecule has 0 saturated carbocycles. The lowest BCUT2D eigenvalue weighted by Crippen LogP contribution is -2.27. The molecule has 1 aromatic rings. The topological polar surface area (TPSA) is 111 Å². The standard InChI is InChI=1S/C7H11N7O/c1-3-14(4-2)6-9-5(12-13-8)10-7(15)11-6/h3-4H2,1-2H3,(H,9,10,11,15). The van der Waals surface area contributed by atoms with Crippen molar-refractivity contribution < 1.29 is 0 Å². The second-order valence-electron chi connectivity index (χ2n) is 2.64. The number of hydrogen-bond acceptors (Lipinski definition) is 5. The van der Waals surface area contributed by atoms with E-state index in [-0.39, 0.29) is 11.9 Å². The molecule has 0 aliphatic heterocycles. The molecule has 0 spiro atoms. The third-order valence-corrected chi connectivity index (χ3v) is 1.81. The molecule has 0 aliphatic carbocycles. The molecule has 0 atom stereocenters. The molecule has 0 bridgehead atoms. The molecule has 80 valence electrons. The Morgan fingerprint density at radius 3 is 2.67 bits per heavy atom. The van der Waals surface area contributed by atoms with Crippen molar-refractivity contribution in [1.29, 1.82) is 0 Å². The molecule has 0 saturated heterocycles. The maximum absolute atomic E-state index is 11.1. The highest BCUT2D eigenvalue weighted by Gasteiger charge is 2.07. The van der Waals surface area contributed by atoms with E-state index < -0.39 is 5.69 Å². The van der Waals surface area contributed by atoms with E-state index in [1.807, 2.05) is 13.8 Å². The smallest absolute Gasteiger partial charge is 0.341 e. The van der Waals surface area contributed by atoms with E-state index >= 15 is 0 Å². The second-order valence-corrected chi connectivity index (χ2v) is 2.64. The van der Waals surface area contributed by atoms with Gasteiger partial charge < -0.3 is 4.90 Å². The van der Waals surface area contributed by atoms with Crippen LogP contribution in [0.2, 0.25) is 0 Å². The van der Waals surface area contributed by atoms with Crippen LogP contribution in [-0.2, 0) is 0 Å². The van der Waals surface area contributed by atoms with Crippen LogP contribution in [0.15, 0.2) is 9.91 Å². The Hall–Kier alpha value is -2.08. The van der Waals surface area contributed by atoms with Crippen LogP contribution in [0.3, 0.4) is 0 Å². The predicted molar refractivity (Wildman–Crippen MR) is 55.0 cm³/mol. The summed E-state index contributed by atoms with van der Waals surface area (Å²) < 4.78 is 0. The average Bonchev–Trinajstić information content (AvgIpc) is 2.19. The van der Waals surface area contributed by atoms with Gasteiger partial charge in [-0.15, -0.1) is 0 Å². The van der Waals surface area contributed by atoms with Crippen molar-refractivity contribution in [2.75, 3.05) is 18.0 Å². The van der Waals surface area contributed by atoms with Crippen LogP contribution in [0.5, 0.6) is 0 Å². The van der Waals surface area contributed by atoms with E-state index in [9.17, 15) is 4.79 Å². The van der Waals surface area contributed by atoms with Gasteiger partial charge in [0.15, 0.2) is 0 Å². The minimum Gasteiger partial charge on any atom is -0.341 e. The molecule has 0 unspecified atom stereocenters. The summed E-state index contributed by atoms with van der Waals surface area (Å²) >= 11 is 0. The molecular formula is C7H11N7O. The number of rotatable bonds is 4. The summed E-state index contributed by atoms with van der Waals surface area (Å²) in [7, 11) is 0. The minimum atomic E-state index is -0.575. The number of hydrogen-bond donors (Lipinski definition) is 1. The van der Waals surface area contributed by atoms with Crippen molar-refractivity contribution >= 4 is 11.9 Å². The Labute approximate surface area is 85.6 Å². The lowest BCUT2D eigenvalue weighted by atomic mass is 10.5. The Morgan fingerprint density at radius 2 is 2.13 bits per heavy atom. The summed E-state index contributed by atoms with van der Waals surface area (Å²) in [6.07, 6.45) is 0. The van der Waals surface area contributed by atoms with Crippen LogP contribution in [0, 0.1) is 0 Å². The molecule has 0 fully saturated rings. The van der Waals surface area contributed by atoms with Gasteiger partial charge in [-0.05, 0) is 24.5 Å². The zero-order valence-electron chi connectivity index (χ0n) is 8.51. The number of nitrogens with zero attached hydrogens (tertiary/aromatic N) is 6. The van der Waals surface area contributed by atoms with Gasteiger partial charge in [0.1, 0.15) is 0 Å². The van der Waals surface area contributed by atoms with Gasteiger partial charge in [0, 0.05) is 18.0 Å². The number of aromatic nitrogens is 3. The Balaban J connectivity index is 3.18. The summed E-state index contributed by atoms with van der Waals surface area (Å²) in [4.78, 5) is 25.2. The Kier molecular flexibility index (Phi) is 3.64. The first-order valence-electron chi connectivity index (χ1n) is 4.49. The van der Waals surface area contributed by atoms with Crippen LogP contribution in [-0.4, -0.2) is 28.0 Å². The fourth-order valence-electron chi connectivity index (χ4n) is 1.10. The van der Waals surface area contributed by atoms with Crippen LogP contribution in [0.1, 0.15) is 13.8 Å². The quantitative estimate of drug-likeness (QED) is 0.452. The van der Waals surface area contributed by atoms with Gasteiger partial charge in [-0.3, -0.25) is 4.98 Å². The zero-order valence-corrected chi connectivity index (χ0v) is 8.51. The number of anilines is 1. The fraction of sp³-hybridized carbons (Fsp3) is 0.571. The summed E-state index contributed by atoms with van der Waals surface area (Å²) in [5.74, 6) is 0.200. The highest BCUT2D eigenvalue weighted by atomic mass is 16.1. The van der Waals surface area contributed by atoms with Crippen molar-refractivity contribution in [1.82, 2.24) is 15.0 Å². The van der Waals surface area contributed by atoms with Crippen molar-refractivity contribution in [3.63, 3.8) is 0 Å². The van der Waals surface area contributed by atoms with E-state index in [0.717, 1.165) is 0 Å². The van der Waals surface area contributed by atoms with Crippen LogP contribution < -0.4 is 10.6 Å². The van der Waals surface area contributed by atoms with E-state index in [0.29, 0.717) is 13.1 Å². The number of aromatic amines is 1. The molecule has 8 heteroatoms. The monoisotopic (exact) mass is 209 g/mol. The van der Waals surface area contributed by atoms with Gasteiger partial charge in [-0.2, -0.15) is 9.97 Å². The number of azide groups is 1. The first kappa shape index (κ1) is 11.0. The molecule has 0 amide bonds. The highest BCUT2D eigenvalue weighted by Crippen LogP contribution is 2.07. The summed E-state index contributed by atoms with van der Waals surface area (Å²) in [5, 5.41) is 3.23. The number of H-pyrrole nitrogens is 1. The maximum Gasteiger partial charge on any atom is 0.349 e. The van der Waals surface area contributed by atoms with Crippen LogP contribution in [0.25, 0.3) is 10.4 Å². The van der Waals surface area contributed by atoms with E-state index in [4.69, 9.17) is 5.53 Å². The predicted octanol–water partition coefficient (Wildman–Crippen LogP) is 0.953. The first-order valence-corrected chi connectivity index (χ1v) is 4.49. The Morgan fingerprint density at radius 1 is 1.47 bits per heavy atom. The lowest BCUT2D eigenvalue weighted by molar-refractivity contribution is 0.802. The first-order chi connectivity index (χ1) is 7.21. The molecule has 0 aliphatic rings. The average molecular weight is 209 g/mol. The lowest BCUT2D eigenvalue weighted by Gasteiger charge is -2.17. The molecule has 1 N–H and O–H groups in total. The largest absolute Gasteiger partial charge is 0.349 e. The van der Waals surface area contributed by atoms with Gasteiger partial charge in [0.2, 0.25) is 11.9 Å². The highest BCUT2D eigenvalue weighted by molar-refractivity contribution is 5.32. The minimum absolute atomic E-state index is 0.0700. The van der Waals surface area contributed by atoms with Gasteiger partial charge in [0.25, 0.3) is 0 Å². The van der Waals surface area contributed by atoms with Crippen molar-refractivity contribution in [3.8, 4) is 0 Å². The maximum atomic E-state index is 11.1. The van der Waals surface area contributed by atoms with Crippen molar-refractivity contribution in [3.05, 3.63) is 20.9 Å². The van der Waals surface area contributed by atoms with Gasteiger partial charge in [0.05, 0.1) is 0 Å². The third kappa shape index (κ3) is 2.68. The van der Waals surface area contributed by atoms with Crippen molar-refractivity contribution in [2.45, 2.75) is 13.8 Å².